The summed E-state index contributed by atoms with van der Waals surface area (Å²) >= 11 is 0. The van der Waals surface area contributed by atoms with Crippen molar-refractivity contribution in [2.75, 3.05) is 34.3 Å². The maximum absolute atomic E-state index is 13.5. The summed E-state index contributed by atoms with van der Waals surface area (Å²) in [5, 5.41) is 45.8. The number of carbonyl (C=O) groups is 1. The molecule has 0 unspecified atom stereocenters. The Balaban J connectivity index is 2.64. The van der Waals surface area contributed by atoms with Crippen LogP contribution in [0.2, 0.25) is 0 Å². The number of cyclic esters (lactones) is 1. The van der Waals surface area contributed by atoms with Crippen molar-refractivity contribution in [3.8, 4) is 0 Å². The average molecular weight is 631 g/mol. The third-order valence-corrected chi connectivity index (χ3v) is 9.98. The number of esters is 1. The summed E-state index contributed by atoms with van der Waals surface area (Å²) in [7, 11) is 5.69. The van der Waals surface area contributed by atoms with Crippen LogP contribution < -0.4 is 0 Å². The smallest absolute Gasteiger partial charge is 0.311 e. The Morgan fingerprint density at radius 1 is 1.11 bits per heavy atom. The third kappa shape index (κ3) is 9.01. The van der Waals surface area contributed by atoms with Crippen molar-refractivity contribution in [1.82, 2.24) is 9.80 Å². The van der Waals surface area contributed by atoms with Crippen LogP contribution in [0.25, 0.3) is 0 Å². The molecule has 0 spiro atoms. The van der Waals surface area contributed by atoms with Gasteiger partial charge in [-0.25, -0.2) is 0 Å². The van der Waals surface area contributed by atoms with E-state index in [0.717, 1.165) is 0 Å². The fraction of sp³-hybridized carbons (Fsp3) is 0.909. The SMILES string of the molecule is C=CCO[C@@]1(C)C[C@@H](C)CN(C)[C@@H](C)[C@@H](O)[C@](C)(O)[C@H](CC)OC(=O)[C@@H](C)[C@@H](O)[C@H](C)[C@H]1O[C@@H]1O[C@H](C)C[C@H](N(C)C)[C@H]1O. The Labute approximate surface area is 265 Å². The van der Waals surface area contributed by atoms with E-state index in [9.17, 15) is 25.2 Å². The summed E-state index contributed by atoms with van der Waals surface area (Å²) in [5.74, 6) is -2.39. The van der Waals surface area contributed by atoms with Crippen molar-refractivity contribution in [2.24, 2.45) is 17.8 Å². The molecule has 0 aromatic rings. The number of aliphatic hydroxyl groups is 4. The zero-order chi connectivity index (χ0) is 33.7. The highest BCUT2D eigenvalue weighted by Gasteiger charge is 2.50. The normalized spacial score (nSPS) is 45.8. The molecule has 0 radical (unpaired) electrons. The molecule has 4 N–H and O–H groups in total. The lowest BCUT2D eigenvalue weighted by Gasteiger charge is -2.48. The lowest BCUT2D eigenvalue weighted by atomic mass is 9.77. The minimum atomic E-state index is -1.74. The van der Waals surface area contributed by atoms with E-state index in [1.165, 1.54) is 6.92 Å². The fourth-order valence-electron chi connectivity index (χ4n) is 7.10. The molecule has 0 aliphatic carbocycles. The third-order valence-electron chi connectivity index (χ3n) is 9.98. The molecule has 2 aliphatic heterocycles. The standard InChI is InChI=1S/C33H62N2O9/c1-13-15-41-32(8)17-19(3)18-35(12)23(7)28(38)33(9,40)25(14-2)43-30(39)22(6)26(36)21(5)29(32)44-31-27(37)24(34(10)11)16-20(4)42-31/h13,19-29,31,36-38,40H,1,14-18H2,2-12H3/t19-,20-,21+,22+,23+,24+,25+,26+,27-,28-,29-,31+,32+,33-/m1/s1. The molecule has 0 aromatic carbocycles. The molecule has 0 bridgehead atoms. The number of hydrogen-bond donors (Lipinski definition) is 4. The lowest BCUT2D eigenvalue weighted by molar-refractivity contribution is -0.303. The maximum atomic E-state index is 13.5. The maximum Gasteiger partial charge on any atom is 0.311 e. The van der Waals surface area contributed by atoms with E-state index < -0.39 is 71.9 Å². The molecule has 2 aliphatic rings. The van der Waals surface area contributed by atoms with E-state index in [0.29, 0.717) is 19.4 Å². The van der Waals surface area contributed by atoms with Gasteiger partial charge in [0.15, 0.2) is 6.29 Å². The van der Waals surface area contributed by atoms with E-state index in [1.54, 1.807) is 26.8 Å². The summed E-state index contributed by atoms with van der Waals surface area (Å²) in [6.07, 6.45) is -3.44. The van der Waals surface area contributed by atoms with Gasteiger partial charge < -0.3 is 49.2 Å². The van der Waals surface area contributed by atoms with Gasteiger partial charge in [-0.3, -0.25) is 4.79 Å². The van der Waals surface area contributed by atoms with Crippen molar-refractivity contribution in [3.63, 3.8) is 0 Å². The van der Waals surface area contributed by atoms with Crippen LogP contribution in [0.3, 0.4) is 0 Å². The summed E-state index contributed by atoms with van der Waals surface area (Å²) in [6.45, 7) is 19.0. The number of nitrogens with zero attached hydrogens (tertiary/aromatic N) is 2. The number of rotatable bonds is 7. The van der Waals surface area contributed by atoms with Crippen molar-refractivity contribution in [1.29, 1.82) is 0 Å². The van der Waals surface area contributed by atoms with E-state index in [-0.39, 0.29) is 31.1 Å². The van der Waals surface area contributed by atoms with Gasteiger partial charge in [-0.2, -0.15) is 0 Å². The van der Waals surface area contributed by atoms with Gasteiger partial charge in [0.1, 0.15) is 23.9 Å². The van der Waals surface area contributed by atoms with Gasteiger partial charge in [-0.15, -0.1) is 6.58 Å². The van der Waals surface area contributed by atoms with E-state index in [2.05, 4.69) is 13.5 Å². The molecule has 2 heterocycles. The number of likely N-dealkylation sites (N-methyl/N-ethyl adjacent to an activating group) is 2. The number of aliphatic hydroxyl groups excluding tert-OH is 3. The zero-order valence-corrected chi connectivity index (χ0v) is 29.0. The molecule has 44 heavy (non-hydrogen) atoms. The van der Waals surface area contributed by atoms with Gasteiger partial charge in [0.25, 0.3) is 0 Å². The molecule has 14 atom stereocenters. The Bertz CT molecular complexity index is 920. The molecule has 0 aromatic heterocycles. The molecule has 2 rings (SSSR count). The first-order valence-corrected chi connectivity index (χ1v) is 16.2. The highest BCUT2D eigenvalue weighted by Crippen LogP contribution is 2.38. The van der Waals surface area contributed by atoms with Gasteiger partial charge in [0.2, 0.25) is 0 Å². The summed E-state index contributed by atoms with van der Waals surface area (Å²) in [4.78, 5) is 17.4. The molecular weight excluding hydrogens is 568 g/mol. The van der Waals surface area contributed by atoms with Crippen molar-refractivity contribution in [3.05, 3.63) is 12.7 Å². The predicted octanol–water partition coefficient (Wildman–Crippen LogP) is 2.19. The second kappa shape index (κ2) is 16.1. The van der Waals surface area contributed by atoms with Gasteiger partial charge >= 0.3 is 5.97 Å². The van der Waals surface area contributed by atoms with Gasteiger partial charge in [0.05, 0.1) is 36.4 Å². The van der Waals surface area contributed by atoms with Crippen LogP contribution in [0, 0.1) is 17.8 Å². The Hall–Kier alpha value is -1.15. The van der Waals surface area contributed by atoms with Crippen LogP contribution in [-0.4, -0.2) is 137 Å². The van der Waals surface area contributed by atoms with Crippen LogP contribution in [-0.2, 0) is 23.7 Å². The quantitative estimate of drug-likeness (QED) is 0.243. The topological polar surface area (TPSA) is 141 Å². The van der Waals surface area contributed by atoms with Crippen LogP contribution in [0.15, 0.2) is 12.7 Å². The second-order valence-electron chi connectivity index (χ2n) is 14.2. The van der Waals surface area contributed by atoms with Crippen LogP contribution >= 0.6 is 0 Å². The summed E-state index contributed by atoms with van der Waals surface area (Å²) in [6, 6.07) is -0.686. The monoisotopic (exact) mass is 630 g/mol. The van der Waals surface area contributed by atoms with Crippen LogP contribution in [0.1, 0.15) is 74.7 Å². The zero-order valence-electron chi connectivity index (χ0n) is 29.0. The van der Waals surface area contributed by atoms with E-state index in [1.807, 2.05) is 51.7 Å². The molecule has 2 fully saturated rings. The molecule has 0 amide bonds. The highest BCUT2D eigenvalue weighted by molar-refractivity contribution is 5.73. The fourth-order valence-corrected chi connectivity index (χ4v) is 7.10. The predicted molar refractivity (Wildman–Crippen MR) is 169 cm³/mol. The Morgan fingerprint density at radius 2 is 1.73 bits per heavy atom. The van der Waals surface area contributed by atoms with Crippen molar-refractivity contribution < 1.29 is 44.2 Å². The summed E-state index contributed by atoms with van der Waals surface area (Å²) in [5.41, 5.74) is -2.76. The largest absolute Gasteiger partial charge is 0.459 e. The molecular formula is C33H62N2O9. The van der Waals surface area contributed by atoms with Crippen LogP contribution in [0.5, 0.6) is 0 Å². The Kier molecular flexibility index (Phi) is 14.3. The number of hydrogen-bond acceptors (Lipinski definition) is 11. The first kappa shape index (κ1) is 39.0. The van der Waals surface area contributed by atoms with Gasteiger partial charge in [-0.1, -0.05) is 26.8 Å². The molecule has 2 saturated heterocycles. The van der Waals surface area contributed by atoms with E-state index in [4.69, 9.17) is 18.9 Å². The molecule has 258 valence electrons. The minimum absolute atomic E-state index is 0.00194. The van der Waals surface area contributed by atoms with Crippen molar-refractivity contribution in [2.45, 2.75) is 141 Å². The lowest BCUT2D eigenvalue weighted by Crippen LogP contribution is -2.59. The number of carbonyl (C=O) groups excluding carboxylic acids is 1. The average Bonchev–Trinajstić information content (AvgIpc) is 2.95. The Morgan fingerprint density at radius 3 is 2.27 bits per heavy atom. The molecule has 11 heteroatoms. The minimum Gasteiger partial charge on any atom is -0.459 e. The van der Waals surface area contributed by atoms with Gasteiger partial charge in [-0.05, 0) is 80.9 Å². The van der Waals surface area contributed by atoms with E-state index >= 15 is 0 Å². The number of ether oxygens (including phenoxy) is 4. The first-order valence-electron chi connectivity index (χ1n) is 16.2. The first-order chi connectivity index (χ1) is 20.3. The second-order valence-corrected chi connectivity index (χ2v) is 14.2. The van der Waals surface area contributed by atoms with Crippen LogP contribution in [0.4, 0.5) is 0 Å². The van der Waals surface area contributed by atoms with Gasteiger partial charge in [0, 0.05) is 24.5 Å². The highest BCUT2D eigenvalue weighted by atomic mass is 16.7. The molecule has 0 saturated carbocycles. The molecule has 11 nitrogen and oxygen atoms in total. The summed E-state index contributed by atoms with van der Waals surface area (Å²) < 4.78 is 25.1. The van der Waals surface area contributed by atoms with Crippen molar-refractivity contribution >= 4 is 5.97 Å².